The number of thioether (sulfide) groups is 1. The molecule has 270 valence electrons. The number of hydroxylamine groups is 1. The summed E-state index contributed by atoms with van der Waals surface area (Å²) in [5.74, 6) is 0.144. The van der Waals surface area contributed by atoms with Gasteiger partial charge in [-0.05, 0) is 63.2 Å². The van der Waals surface area contributed by atoms with Crippen LogP contribution in [-0.4, -0.2) is 54.2 Å². The van der Waals surface area contributed by atoms with E-state index >= 15 is 0 Å². The predicted molar refractivity (Wildman–Crippen MR) is 195 cm³/mol. The molecule has 0 bridgehead atoms. The number of hydrogen-bond donors (Lipinski definition) is 4. The van der Waals surface area contributed by atoms with Crippen LogP contribution in [0.4, 0.5) is 0 Å². The molecule has 13 heteroatoms. The fourth-order valence-corrected chi connectivity index (χ4v) is 6.96. The van der Waals surface area contributed by atoms with Gasteiger partial charge in [-0.15, -0.1) is 5.10 Å². The minimum atomic E-state index is -0.617. The summed E-state index contributed by atoms with van der Waals surface area (Å²) in [5, 5.41) is 34.2. The van der Waals surface area contributed by atoms with E-state index in [4.69, 9.17) is 14.7 Å². The third-order valence-corrected chi connectivity index (χ3v) is 9.93. The number of hydrogen-bond acceptors (Lipinski definition) is 10. The van der Waals surface area contributed by atoms with Crippen LogP contribution in [0.2, 0.25) is 0 Å². The van der Waals surface area contributed by atoms with Crippen LogP contribution in [0.25, 0.3) is 16.8 Å². The Morgan fingerprint density at radius 2 is 1.54 bits per heavy atom. The Morgan fingerprint density at radius 3 is 2.29 bits per heavy atom. The van der Waals surface area contributed by atoms with Gasteiger partial charge in [-0.2, -0.15) is 4.68 Å². The van der Waals surface area contributed by atoms with Gasteiger partial charge in [0.25, 0.3) is 0 Å². The number of ether oxygens (including phenoxy) is 2. The molecule has 6 rings (SSSR count). The van der Waals surface area contributed by atoms with E-state index in [2.05, 4.69) is 20.8 Å². The molecule has 12 nitrogen and oxygen atoms in total. The van der Waals surface area contributed by atoms with Crippen molar-refractivity contribution in [1.29, 1.82) is 0 Å². The smallest absolute Gasteiger partial charge is 0.243 e. The monoisotopic (exact) mass is 722 g/mol. The number of carbonyl (C=O) groups excluding carboxylic acids is 2. The van der Waals surface area contributed by atoms with E-state index in [1.807, 2.05) is 103 Å². The Labute approximate surface area is 306 Å². The first-order valence-electron chi connectivity index (χ1n) is 17.4. The molecule has 0 saturated carbocycles. The van der Waals surface area contributed by atoms with Gasteiger partial charge in [-0.25, -0.2) is 5.48 Å². The predicted octanol–water partition coefficient (Wildman–Crippen LogP) is 6.23. The van der Waals surface area contributed by atoms with Gasteiger partial charge in [0.2, 0.25) is 17.0 Å². The van der Waals surface area contributed by atoms with Crippen LogP contribution in [0.15, 0.2) is 108 Å². The van der Waals surface area contributed by atoms with Crippen molar-refractivity contribution in [2.75, 3.05) is 5.75 Å². The van der Waals surface area contributed by atoms with Gasteiger partial charge in [0.15, 0.2) is 6.29 Å². The molecule has 52 heavy (non-hydrogen) atoms. The Bertz CT molecular complexity index is 1890. The third-order valence-electron chi connectivity index (χ3n) is 8.87. The number of aliphatic hydroxyl groups is 1. The van der Waals surface area contributed by atoms with Crippen molar-refractivity contribution >= 4 is 23.6 Å². The second-order valence-electron chi connectivity index (χ2n) is 12.5. The Kier molecular flexibility index (Phi) is 13.1. The van der Waals surface area contributed by atoms with Crippen LogP contribution < -0.4 is 10.8 Å². The molecule has 2 heterocycles. The topological polar surface area (TPSA) is 161 Å². The molecular weight excluding hydrogens is 681 g/mol. The highest BCUT2D eigenvalue weighted by atomic mass is 32.2. The number of benzene rings is 4. The minimum Gasteiger partial charge on any atom is -0.392 e. The van der Waals surface area contributed by atoms with Crippen molar-refractivity contribution < 1.29 is 29.4 Å². The zero-order valence-corrected chi connectivity index (χ0v) is 29.5. The normalized spacial score (nSPS) is 17.1. The number of amides is 2. The molecule has 1 aliphatic heterocycles. The van der Waals surface area contributed by atoms with Gasteiger partial charge in [0.05, 0.1) is 24.5 Å². The van der Waals surface area contributed by atoms with Crippen molar-refractivity contribution in [3.8, 4) is 16.8 Å². The first-order valence-corrected chi connectivity index (χ1v) is 18.3. The lowest BCUT2D eigenvalue weighted by atomic mass is 9.97. The van der Waals surface area contributed by atoms with E-state index in [0.717, 1.165) is 45.5 Å². The van der Waals surface area contributed by atoms with Crippen LogP contribution in [0.5, 0.6) is 0 Å². The summed E-state index contributed by atoms with van der Waals surface area (Å²) in [5.41, 5.74) is 8.25. The second-order valence-corrected chi connectivity index (χ2v) is 13.5. The Hall–Kier alpha value is -4.92. The van der Waals surface area contributed by atoms with Gasteiger partial charge in [-0.3, -0.25) is 14.8 Å². The molecule has 0 spiro atoms. The molecule has 0 aliphatic carbocycles. The van der Waals surface area contributed by atoms with Gasteiger partial charge in [-0.1, -0.05) is 109 Å². The van der Waals surface area contributed by atoms with Gasteiger partial charge < -0.3 is 19.9 Å². The zero-order chi connectivity index (χ0) is 36.1. The molecule has 0 unspecified atom stereocenters. The average Bonchev–Trinajstić information content (AvgIpc) is 3.68. The Morgan fingerprint density at radius 1 is 0.827 bits per heavy atom. The molecule has 4 aromatic carbocycles. The summed E-state index contributed by atoms with van der Waals surface area (Å²) in [6, 6.07) is 33.7. The molecule has 1 saturated heterocycles. The fraction of sp³-hybridized carbons (Fsp3) is 0.308. The third kappa shape index (κ3) is 9.90. The number of para-hydroxylation sites is 1. The first kappa shape index (κ1) is 36.9. The van der Waals surface area contributed by atoms with Crippen molar-refractivity contribution in [3.63, 3.8) is 0 Å². The van der Waals surface area contributed by atoms with E-state index in [-0.39, 0.29) is 31.1 Å². The average molecular weight is 723 g/mol. The number of nitrogens with zero attached hydrogens (tertiary/aromatic N) is 4. The maximum absolute atomic E-state index is 12.5. The first-order chi connectivity index (χ1) is 25.5. The number of carbonyl (C=O) groups is 2. The highest BCUT2D eigenvalue weighted by molar-refractivity contribution is 7.99. The van der Waals surface area contributed by atoms with Gasteiger partial charge >= 0.3 is 0 Å². The fourth-order valence-electron chi connectivity index (χ4n) is 6.05. The summed E-state index contributed by atoms with van der Waals surface area (Å²) >= 11 is 1.53. The van der Waals surface area contributed by atoms with Crippen molar-refractivity contribution in [3.05, 3.63) is 125 Å². The van der Waals surface area contributed by atoms with Crippen LogP contribution in [0.1, 0.15) is 73.2 Å². The van der Waals surface area contributed by atoms with Crippen LogP contribution in [0, 0.1) is 0 Å². The van der Waals surface area contributed by atoms with Crippen molar-refractivity contribution in [2.45, 2.75) is 75.3 Å². The molecule has 0 radical (unpaired) electrons. The lowest BCUT2D eigenvalue weighted by molar-refractivity contribution is -0.245. The molecule has 5 aromatic rings. The van der Waals surface area contributed by atoms with Crippen molar-refractivity contribution in [1.82, 2.24) is 31.0 Å². The number of aromatic nitrogens is 4. The molecule has 1 aliphatic rings. The maximum Gasteiger partial charge on any atom is 0.243 e. The van der Waals surface area contributed by atoms with Gasteiger partial charge in [0, 0.05) is 37.1 Å². The summed E-state index contributed by atoms with van der Waals surface area (Å²) in [6.07, 6.45) is 2.23. The van der Waals surface area contributed by atoms with E-state index in [9.17, 15) is 14.7 Å². The summed E-state index contributed by atoms with van der Waals surface area (Å²) in [6.45, 7) is 0.367. The highest BCUT2D eigenvalue weighted by Gasteiger charge is 2.33. The molecular formula is C39H42N6O6S. The van der Waals surface area contributed by atoms with E-state index < -0.39 is 12.2 Å². The van der Waals surface area contributed by atoms with Crippen LogP contribution in [0.3, 0.4) is 0 Å². The molecule has 4 N–H and O–H groups in total. The quantitative estimate of drug-likeness (QED) is 0.0398. The summed E-state index contributed by atoms with van der Waals surface area (Å²) in [7, 11) is 0. The molecule has 3 atom stereocenters. The molecule has 2 amide bonds. The van der Waals surface area contributed by atoms with Gasteiger partial charge in [0.1, 0.15) is 0 Å². The SMILES string of the molecule is O=C(CCCCCC(=O)NCc1ccccc1-c1ccc([C@@H]2O[C@H](CSc3nnnn3-c3ccccc3)C[C@H](c3ccc(CO)cc3)O2)cc1)NO. The molecule has 1 aromatic heterocycles. The number of unbranched alkanes of at least 4 members (excludes halogenated alkanes) is 2. The lowest BCUT2D eigenvalue weighted by Gasteiger charge is -2.36. The van der Waals surface area contributed by atoms with E-state index in [1.54, 1.807) is 10.2 Å². The standard InChI is InChI=1S/C39H42N6O6S/c46-25-27-15-17-29(18-16-27)35-23-33(26-52-39-41-43-44-45(39)32-10-3-1-4-11-32)50-38(51-35)30-21-19-28(20-22-30)34-12-8-7-9-31(34)24-40-36(47)13-5-2-6-14-37(48)42-49/h1,3-4,7-12,15-22,33,35,38,46,49H,2,5-6,13-14,23-26H2,(H,40,47)(H,42,48)/t33-,35+,38+/m0/s1. The minimum absolute atomic E-state index is 0.0240. The zero-order valence-electron chi connectivity index (χ0n) is 28.6. The van der Waals surface area contributed by atoms with Crippen LogP contribution in [-0.2, 0) is 32.2 Å². The van der Waals surface area contributed by atoms with E-state index in [0.29, 0.717) is 43.1 Å². The number of rotatable bonds is 16. The number of tetrazole rings is 1. The highest BCUT2D eigenvalue weighted by Crippen LogP contribution is 2.40. The maximum atomic E-state index is 12.5. The summed E-state index contributed by atoms with van der Waals surface area (Å²) < 4.78 is 14.9. The lowest BCUT2D eigenvalue weighted by Crippen LogP contribution is -2.31. The molecule has 1 fully saturated rings. The summed E-state index contributed by atoms with van der Waals surface area (Å²) in [4.78, 5) is 23.7. The van der Waals surface area contributed by atoms with E-state index in [1.165, 1.54) is 11.8 Å². The Balaban J connectivity index is 1.12. The van der Waals surface area contributed by atoms with Crippen LogP contribution >= 0.6 is 11.8 Å². The number of aliphatic hydroxyl groups excluding tert-OH is 1. The second kappa shape index (κ2) is 18.5. The van der Waals surface area contributed by atoms with Crippen molar-refractivity contribution in [2.24, 2.45) is 0 Å². The largest absolute Gasteiger partial charge is 0.392 e. The number of nitrogens with one attached hydrogen (secondary N) is 2.